The van der Waals surface area contributed by atoms with E-state index in [0.29, 0.717) is 17.5 Å². The minimum absolute atomic E-state index is 0.00500. The number of nitrogens with zero attached hydrogens (tertiary/aromatic N) is 3. The lowest BCUT2D eigenvalue weighted by Crippen LogP contribution is -2.41. The summed E-state index contributed by atoms with van der Waals surface area (Å²) in [6.07, 6.45) is 6.30. The molecule has 0 saturated heterocycles. The van der Waals surface area contributed by atoms with Crippen LogP contribution < -0.4 is 5.43 Å². The van der Waals surface area contributed by atoms with Crippen molar-refractivity contribution in [1.82, 2.24) is 14.8 Å². The SMILES string of the molecule is Cn1cc(-c2cnc3ccc4ccc(CCO[Si](C)(C)C(C)(C)C)cc4c(=O)c3c2)cn1. The summed E-state index contributed by atoms with van der Waals surface area (Å²) in [7, 11) is 0.0895. The molecular formula is C26H31N3O2Si. The fourth-order valence-corrected chi connectivity index (χ4v) is 4.62. The van der Waals surface area contributed by atoms with Gasteiger partial charge in [0.25, 0.3) is 0 Å². The van der Waals surface area contributed by atoms with Gasteiger partial charge in [0.1, 0.15) is 0 Å². The Bertz CT molecular complexity index is 1350. The first-order valence-corrected chi connectivity index (χ1v) is 13.9. The van der Waals surface area contributed by atoms with Gasteiger partial charge in [0, 0.05) is 47.9 Å². The minimum Gasteiger partial charge on any atom is -0.416 e. The second-order valence-corrected chi connectivity index (χ2v) is 14.8. The van der Waals surface area contributed by atoms with E-state index in [0.717, 1.165) is 33.9 Å². The number of aryl methyl sites for hydroxylation is 1. The van der Waals surface area contributed by atoms with Gasteiger partial charge >= 0.3 is 0 Å². The maximum Gasteiger partial charge on any atom is 0.195 e. The average molecular weight is 446 g/mol. The van der Waals surface area contributed by atoms with Crippen LogP contribution >= 0.6 is 0 Å². The molecular weight excluding hydrogens is 414 g/mol. The Labute approximate surface area is 190 Å². The molecule has 0 fully saturated rings. The molecule has 0 aliphatic carbocycles. The number of rotatable bonds is 5. The third-order valence-electron chi connectivity index (χ3n) is 6.64. The number of pyridine rings is 1. The smallest absolute Gasteiger partial charge is 0.195 e. The molecule has 6 heteroatoms. The first kappa shape index (κ1) is 22.4. The Hall–Kier alpha value is -2.83. The van der Waals surface area contributed by atoms with Crippen LogP contribution in [-0.4, -0.2) is 29.7 Å². The van der Waals surface area contributed by atoms with Gasteiger partial charge in [0.2, 0.25) is 0 Å². The van der Waals surface area contributed by atoms with Crippen molar-refractivity contribution in [2.45, 2.75) is 45.3 Å². The number of benzene rings is 1. The number of aromatic nitrogens is 3. The topological polar surface area (TPSA) is 57.0 Å². The summed E-state index contributed by atoms with van der Waals surface area (Å²) >= 11 is 0. The number of hydrogen-bond donors (Lipinski definition) is 0. The molecule has 5 nitrogen and oxygen atoms in total. The normalized spacial score (nSPS) is 12.6. The van der Waals surface area contributed by atoms with E-state index < -0.39 is 8.32 Å². The van der Waals surface area contributed by atoms with Crippen molar-refractivity contribution in [2.24, 2.45) is 7.05 Å². The van der Waals surface area contributed by atoms with Crippen LogP contribution in [-0.2, 0) is 17.9 Å². The Morgan fingerprint density at radius 3 is 2.44 bits per heavy atom. The third kappa shape index (κ3) is 4.38. The van der Waals surface area contributed by atoms with Gasteiger partial charge in [-0.1, -0.05) is 39.0 Å². The second-order valence-electron chi connectivity index (χ2n) is 10.0. The molecule has 0 unspecified atom stereocenters. The molecule has 0 aliphatic rings. The van der Waals surface area contributed by atoms with Crippen molar-refractivity contribution < 1.29 is 4.43 Å². The van der Waals surface area contributed by atoms with Gasteiger partial charge in [0.05, 0.1) is 11.7 Å². The predicted molar refractivity (Wildman–Crippen MR) is 135 cm³/mol. The van der Waals surface area contributed by atoms with Crippen molar-refractivity contribution in [2.75, 3.05) is 6.61 Å². The lowest BCUT2D eigenvalue weighted by atomic mass is 10.1. The first-order valence-electron chi connectivity index (χ1n) is 11.0. The molecule has 4 aromatic rings. The maximum atomic E-state index is 13.5. The molecule has 0 aliphatic heterocycles. The summed E-state index contributed by atoms with van der Waals surface area (Å²) in [4.78, 5) is 18.1. The molecule has 32 heavy (non-hydrogen) atoms. The molecule has 2 aromatic heterocycles. The molecule has 0 spiro atoms. The van der Waals surface area contributed by atoms with Crippen molar-refractivity contribution in [3.8, 4) is 11.1 Å². The lowest BCUT2D eigenvalue weighted by molar-refractivity contribution is 0.292. The van der Waals surface area contributed by atoms with Crippen molar-refractivity contribution in [3.63, 3.8) is 0 Å². The van der Waals surface area contributed by atoms with Crippen LogP contribution in [0.5, 0.6) is 0 Å². The molecule has 0 radical (unpaired) electrons. The van der Waals surface area contributed by atoms with Gasteiger partial charge in [0.15, 0.2) is 13.7 Å². The van der Waals surface area contributed by atoms with E-state index in [1.807, 2.05) is 43.6 Å². The molecule has 0 N–H and O–H groups in total. The number of hydrogen-bond acceptors (Lipinski definition) is 4. The van der Waals surface area contributed by atoms with Crippen LogP contribution in [0.4, 0.5) is 0 Å². The Balaban J connectivity index is 1.71. The summed E-state index contributed by atoms with van der Waals surface area (Å²) in [6, 6.07) is 12.0. The third-order valence-corrected chi connectivity index (χ3v) is 11.2. The molecule has 4 rings (SSSR count). The van der Waals surface area contributed by atoms with Gasteiger partial charge in [-0.05, 0) is 53.7 Å². The summed E-state index contributed by atoms with van der Waals surface area (Å²) in [5.41, 5.74) is 3.65. The van der Waals surface area contributed by atoms with Gasteiger partial charge in [-0.2, -0.15) is 5.10 Å². The zero-order chi connectivity index (χ0) is 23.1. The van der Waals surface area contributed by atoms with Crippen LogP contribution in [0.2, 0.25) is 18.1 Å². The van der Waals surface area contributed by atoms with Gasteiger partial charge in [-0.3, -0.25) is 14.5 Å². The predicted octanol–water partition coefficient (Wildman–Crippen LogP) is 5.71. The molecule has 0 saturated carbocycles. The fourth-order valence-electron chi connectivity index (χ4n) is 3.57. The summed E-state index contributed by atoms with van der Waals surface area (Å²) in [5, 5.41) is 6.68. The molecule has 2 heterocycles. The van der Waals surface area contributed by atoms with Crippen LogP contribution in [0.3, 0.4) is 0 Å². The largest absolute Gasteiger partial charge is 0.416 e. The van der Waals surface area contributed by atoms with Crippen molar-refractivity contribution in [1.29, 1.82) is 0 Å². The highest BCUT2D eigenvalue weighted by molar-refractivity contribution is 6.74. The highest BCUT2D eigenvalue weighted by Gasteiger charge is 2.36. The lowest BCUT2D eigenvalue weighted by Gasteiger charge is -2.36. The second kappa shape index (κ2) is 8.26. The molecule has 166 valence electrons. The van der Waals surface area contributed by atoms with Crippen molar-refractivity contribution in [3.05, 3.63) is 70.8 Å². The standard InChI is InChI=1S/C26H31N3O2Si/c1-26(2,3)32(5,6)31-12-11-18-7-8-19-9-10-24-23(25(30)22(19)13-18)14-20(15-27-24)21-16-28-29(4)17-21/h7-10,13-17H,11-12H2,1-6H3. The zero-order valence-corrected chi connectivity index (χ0v) is 20.8. The van der Waals surface area contributed by atoms with E-state index >= 15 is 0 Å². The zero-order valence-electron chi connectivity index (χ0n) is 19.8. The maximum absolute atomic E-state index is 13.5. The highest BCUT2D eigenvalue weighted by Crippen LogP contribution is 2.36. The van der Waals surface area contributed by atoms with E-state index in [1.165, 1.54) is 0 Å². The average Bonchev–Trinajstić information content (AvgIpc) is 3.12. The molecule has 2 aromatic carbocycles. The van der Waals surface area contributed by atoms with Crippen LogP contribution in [0.15, 0.2) is 59.8 Å². The Morgan fingerprint density at radius 1 is 1.00 bits per heavy atom. The molecule has 0 atom stereocenters. The van der Waals surface area contributed by atoms with E-state index in [4.69, 9.17) is 4.43 Å². The first-order chi connectivity index (χ1) is 15.0. The number of fused-ring (bicyclic) bond motifs is 2. The van der Waals surface area contributed by atoms with Gasteiger partial charge < -0.3 is 4.43 Å². The van der Waals surface area contributed by atoms with Crippen LogP contribution in [0.1, 0.15) is 26.3 Å². The van der Waals surface area contributed by atoms with Crippen LogP contribution in [0.25, 0.3) is 32.8 Å². The van der Waals surface area contributed by atoms with E-state index in [1.54, 1.807) is 17.1 Å². The van der Waals surface area contributed by atoms with Crippen molar-refractivity contribution >= 4 is 30.0 Å². The van der Waals surface area contributed by atoms with Gasteiger partial charge in [-0.15, -0.1) is 0 Å². The summed E-state index contributed by atoms with van der Waals surface area (Å²) < 4.78 is 8.08. The van der Waals surface area contributed by atoms with E-state index in [9.17, 15) is 4.79 Å². The quantitative estimate of drug-likeness (QED) is 0.369. The van der Waals surface area contributed by atoms with E-state index in [2.05, 4.69) is 50.0 Å². The minimum atomic E-state index is -1.79. The van der Waals surface area contributed by atoms with E-state index in [-0.39, 0.29) is 10.5 Å². The highest BCUT2D eigenvalue weighted by atomic mass is 28.4. The monoisotopic (exact) mass is 445 g/mol. The molecule has 0 bridgehead atoms. The fraction of sp³-hybridized carbons (Fsp3) is 0.346. The van der Waals surface area contributed by atoms with Crippen LogP contribution in [0, 0.1) is 0 Å². The Morgan fingerprint density at radius 2 is 1.75 bits per heavy atom. The van der Waals surface area contributed by atoms with Gasteiger partial charge in [-0.25, -0.2) is 0 Å². The summed E-state index contributed by atoms with van der Waals surface area (Å²) in [5.74, 6) is 0. The Kier molecular flexibility index (Phi) is 5.77. The molecule has 0 amide bonds. The summed E-state index contributed by atoms with van der Waals surface area (Å²) in [6.45, 7) is 11.9.